The summed E-state index contributed by atoms with van der Waals surface area (Å²) in [5.41, 5.74) is 2.01. The minimum atomic E-state index is 0.142. The van der Waals surface area contributed by atoms with Gasteiger partial charge in [-0.2, -0.15) is 0 Å². The molecule has 1 heterocycles. The molecule has 1 aromatic carbocycles. The molecule has 16 heavy (non-hydrogen) atoms. The zero-order valence-corrected chi connectivity index (χ0v) is 9.53. The summed E-state index contributed by atoms with van der Waals surface area (Å²) >= 11 is 0. The van der Waals surface area contributed by atoms with Crippen molar-refractivity contribution in [2.45, 2.75) is 12.3 Å². The highest BCUT2D eigenvalue weighted by Crippen LogP contribution is 2.25. The van der Waals surface area contributed by atoms with E-state index in [9.17, 15) is 4.79 Å². The number of carbonyl (C=O) groups is 1. The molecule has 1 fully saturated rings. The largest absolute Gasteiger partial charge is 0.381 e. The van der Waals surface area contributed by atoms with Crippen LogP contribution >= 0.6 is 0 Å². The minimum Gasteiger partial charge on any atom is -0.381 e. The first-order valence-electron chi connectivity index (χ1n) is 5.67. The summed E-state index contributed by atoms with van der Waals surface area (Å²) < 4.78 is 5.36. The van der Waals surface area contributed by atoms with E-state index >= 15 is 0 Å². The second-order valence-electron chi connectivity index (χ2n) is 4.14. The van der Waals surface area contributed by atoms with Gasteiger partial charge in [0, 0.05) is 18.1 Å². The molecule has 0 saturated carbocycles. The summed E-state index contributed by atoms with van der Waals surface area (Å²) in [5.74, 6) is 0.602. The molecule has 0 amide bonds. The third-order valence-electron chi connectivity index (χ3n) is 2.95. The summed E-state index contributed by atoms with van der Waals surface area (Å²) in [4.78, 5) is 11.7. The highest BCUT2D eigenvalue weighted by molar-refractivity contribution is 5.97. The predicted molar refractivity (Wildman–Crippen MR) is 62.9 cm³/mol. The number of carbonyl (C=O) groups excluding carboxylic acids is 1. The van der Waals surface area contributed by atoms with Gasteiger partial charge in [0.05, 0.1) is 13.2 Å². The molecule has 1 saturated heterocycles. The smallest absolute Gasteiger partial charge is 0.176 e. The van der Waals surface area contributed by atoms with Gasteiger partial charge < -0.3 is 10.1 Å². The summed E-state index contributed by atoms with van der Waals surface area (Å²) in [7, 11) is 1.78. The van der Waals surface area contributed by atoms with Crippen molar-refractivity contribution in [1.82, 2.24) is 5.32 Å². The number of Topliss-reactive ketones (excluding diaryl/α,β-unsaturated/α-hetero) is 1. The summed E-state index contributed by atoms with van der Waals surface area (Å²) in [6.45, 7) is 2.01. The predicted octanol–water partition coefficient (Wildman–Crippen LogP) is 1.59. The molecule has 0 bridgehead atoms. The van der Waals surface area contributed by atoms with Crippen LogP contribution in [0.2, 0.25) is 0 Å². The number of hydrogen-bond donors (Lipinski definition) is 1. The highest BCUT2D eigenvalue weighted by Gasteiger charge is 2.18. The standard InChI is InChI=1S/C13H17NO2/c1-14-8-13(15)11-4-2-3-10(7-11)12-5-6-16-9-12/h2-4,7,12,14H,5-6,8-9H2,1H3. The third-order valence-corrected chi connectivity index (χ3v) is 2.95. The molecule has 0 aliphatic carbocycles. The van der Waals surface area contributed by atoms with Crippen molar-refractivity contribution >= 4 is 5.78 Å². The zero-order valence-electron chi connectivity index (χ0n) is 9.53. The zero-order chi connectivity index (χ0) is 11.4. The molecule has 86 valence electrons. The van der Waals surface area contributed by atoms with Crippen molar-refractivity contribution in [1.29, 1.82) is 0 Å². The monoisotopic (exact) mass is 219 g/mol. The normalized spacial score (nSPS) is 19.9. The van der Waals surface area contributed by atoms with Crippen LogP contribution in [0.25, 0.3) is 0 Å². The van der Waals surface area contributed by atoms with Gasteiger partial charge in [-0.15, -0.1) is 0 Å². The Morgan fingerprint density at radius 3 is 3.12 bits per heavy atom. The fourth-order valence-electron chi connectivity index (χ4n) is 2.03. The number of nitrogens with one attached hydrogen (secondary N) is 1. The second kappa shape index (κ2) is 5.23. The number of ether oxygens (including phenoxy) is 1. The van der Waals surface area contributed by atoms with Gasteiger partial charge in [-0.3, -0.25) is 4.79 Å². The average molecular weight is 219 g/mol. The lowest BCUT2D eigenvalue weighted by Gasteiger charge is -2.09. The van der Waals surface area contributed by atoms with Gasteiger partial charge in [-0.1, -0.05) is 18.2 Å². The van der Waals surface area contributed by atoms with Crippen LogP contribution in [0.4, 0.5) is 0 Å². The van der Waals surface area contributed by atoms with Crippen molar-refractivity contribution in [3.63, 3.8) is 0 Å². The molecule has 1 unspecified atom stereocenters. The Kier molecular flexibility index (Phi) is 3.70. The van der Waals surface area contributed by atoms with E-state index in [1.54, 1.807) is 7.05 Å². The van der Waals surface area contributed by atoms with Crippen LogP contribution < -0.4 is 5.32 Å². The molecule has 3 heteroatoms. The van der Waals surface area contributed by atoms with Gasteiger partial charge in [-0.05, 0) is 25.1 Å². The van der Waals surface area contributed by atoms with E-state index in [4.69, 9.17) is 4.74 Å². The van der Waals surface area contributed by atoms with Crippen molar-refractivity contribution in [2.24, 2.45) is 0 Å². The number of ketones is 1. The Balaban J connectivity index is 2.15. The minimum absolute atomic E-state index is 0.142. The maximum Gasteiger partial charge on any atom is 0.176 e. The third kappa shape index (κ3) is 2.49. The van der Waals surface area contributed by atoms with Crippen LogP contribution in [0.15, 0.2) is 24.3 Å². The van der Waals surface area contributed by atoms with Crippen LogP contribution in [-0.4, -0.2) is 32.6 Å². The maximum atomic E-state index is 11.7. The summed E-state index contributed by atoms with van der Waals surface area (Å²) in [6, 6.07) is 7.91. The van der Waals surface area contributed by atoms with Gasteiger partial charge >= 0.3 is 0 Å². The lowest BCUT2D eigenvalue weighted by Crippen LogP contribution is -2.18. The molecule has 0 radical (unpaired) electrons. The molecule has 0 aromatic heterocycles. The van der Waals surface area contributed by atoms with Crippen LogP contribution in [0, 0.1) is 0 Å². The Hall–Kier alpha value is -1.19. The molecule has 1 atom stereocenters. The number of hydrogen-bond acceptors (Lipinski definition) is 3. The van der Waals surface area contributed by atoms with E-state index in [0.717, 1.165) is 25.2 Å². The Morgan fingerprint density at radius 2 is 2.44 bits per heavy atom. The first-order chi connectivity index (χ1) is 7.81. The van der Waals surface area contributed by atoms with Gasteiger partial charge in [-0.25, -0.2) is 0 Å². The number of likely N-dealkylation sites (N-methyl/N-ethyl adjacent to an activating group) is 1. The van der Waals surface area contributed by atoms with E-state index in [2.05, 4.69) is 11.4 Å². The first-order valence-corrected chi connectivity index (χ1v) is 5.67. The van der Waals surface area contributed by atoms with E-state index in [-0.39, 0.29) is 5.78 Å². The maximum absolute atomic E-state index is 11.7. The fourth-order valence-corrected chi connectivity index (χ4v) is 2.03. The van der Waals surface area contributed by atoms with E-state index in [1.165, 1.54) is 5.56 Å². The molecule has 0 spiro atoms. The van der Waals surface area contributed by atoms with Gasteiger partial charge in [0.2, 0.25) is 0 Å². The summed E-state index contributed by atoms with van der Waals surface area (Å²) in [6.07, 6.45) is 1.06. The molecular weight excluding hydrogens is 202 g/mol. The lowest BCUT2D eigenvalue weighted by atomic mass is 9.96. The van der Waals surface area contributed by atoms with E-state index < -0.39 is 0 Å². The van der Waals surface area contributed by atoms with E-state index in [1.807, 2.05) is 18.2 Å². The molecule has 1 aromatic rings. The van der Waals surface area contributed by atoms with Crippen molar-refractivity contribution in [2.75, 3.05) is 26.8 Å². The average Bonchev–Trinajstić information content (AvgIpc) is 2.83. The number of benzene rings is 1. The summed E-state index contributed by atoms with van der Waals surface area (Å²) in [5, 5.41) is 2.88. The van der Waals surface area contributed by atoms with Crippen molar-refractivity contribution < 1.29 is 9.53 Å². The first kappa shape index (κ1) is 11.3. The Bertz CT molecular complexity index is 370. The SMILES string of the molecule is CNCC(=O)c1cccc(C2CCOC2)c1. The fraction of sp³-hybridized carbons (Fsp3) is 0.462. The molecule has 1 N–H and O–H groups in total. The van der Waals surface area contributed by atoms with Gasteiger partial charge in [0.15, 0.2) is 5.78 Å². The molecule has 3 nitrogen and oxygen atoms in total. The van der Waals surface area contributed by atoms with Crippen LogP contribution in [-0.2, 0) is 4.74 Å². The Labute approximate surface area is 95.8 Å². The molecule has 1 aliphatic rings. The Morgan fingerprint density at radius 1 is 1.56 bits per heavy atom. The molecule has 2 rings (SSSR count). The van der Waals surface area contributed by atoms with E-state index in [0.29, 0.717) is 12.5 Å². The second-order valence-corrected chi connectivity index (χ2v) is 4.14. The lowest BCUT2D eigenvalue weighted by molar-refractivity contribution is 0.0993. The van der Waals surface area contributed by atoms with Crippen LogP contribution in [0.1, 0.15) is 28.3 Å². The molecule has 1 aliphatic heterocycles. The molecular formula is C13H17NO2. The number of rotatable bonds is 4. The van der Waals surface area contributed by atoms with Gasteiger partial charge in [0.25, 0.3) is 0 Å². The quantitative estimate of drug-likeness (QED) is 0.782. The van der Waals surface area contributed by atoms with Crippen LogP contribution in [0.3, 0.4) is 0 Å². The van der Waals surface area contributed by atoms with Crippen LogP contribution in [0.5, 0.6) is 0 Å². The van der Waals surface area contributed by atoms with Gasteiger partial charge in [0.1, 0.15) is 0 Å². The van der Waals surface area contributed by atoms with Crippen molar-refractivity contribution in [3.8, 4) is 0 Å². The topological polar surface area (TPSA) is 38.3 Å². The van der Waals surface area contributed by atoms with Crippen molar-refractivity contribution in [3.05, 3.63) is 35.4 Å². The highest BCUT2D eigenvalue weighted by atomic mass is 16.5.